The molecule has 0 spiro atoms. The number of nitrogens with one attached hydrogen (secondary N) is 2. The molecule has 114 valence electrons. The van der Waals surface area contributed by atoms with Gasteiger partial charge in [0.05, 0.1) is 0 Å². The van der Waals surface area contributed by atoms with Crippen LogP contribution in [0.15, 0.2) is 30.5 Å². The summed E-state index contributed by atoms with van der Waals surface area (Å²) in [6.07, 6.45) is 4.11. The summed E-state index contributed by atoms with van der Waals surface area (Å²) in [6, 6.07) is 7.55. The van der Waals surface area contributed by atoms with Crippen molar-refractivity contribution in [3.05, 3.63) is 41.6 Å². The second-order valence-electron chi connectivity index (χ2n) is 5.70. The lowest BCUT2D eigenvalue weighted by molar-refractivity contribution is 0.290. The third-order valence-corrected chi connectivity index (χ3v) is 4.00. The highest BCUT2D eigenvalue weighted by Crippen LogP contribution is 2.31. The minimum absolute atomic E-state index is 0.194. The van der Waals surface area contributed by atoms with Crippen LogP contribution in [0.2, 0.25) is 0 Å². The lowest BCUT2D eigenvalue weighted by Gasteiger charge is -2.18. The van der Waals surface area contributed by atoms with Crippen LogP contribution in [0.4, 0.5) is 5.69 Å². The molecule has 1 aliphatic carbocycles. The van der Waals surface area contributed by atoms with E-state index in [2.05, 4.69) is 48.1 Å². The fourth-order valence-corrected chi connectivity index (χ4v) is 2.57. The molecule has 1 aromatic rings. The number of aliphatic hydroxyl groups excluding tert-OH is 1. The highest BCUT2D eigenvalue weighted by Gasteiger charge is 2.23. The van der Waals surface area contributed by atoms with Crippen LogP contribution in [0.5, 0.6) is 0 Å². The van der Waals surface area contributed by atoms with Crippen LogP contribution in [-0.4, -0.2) is 24.8 Å². The second-order valence-corrected chi connectivity index (χ2v) is 5.70. The molecule has 0 amide bonds. The number of rotatable bonds is 8. The molecule has 3 nitrogen and oxygen atoms in total. The molecule has 1 aliphatic rings. The summed E-state index contributed by atoms with van der Waals surface area (Å²) in [5.74, 6) is 0. The van der Waals surface area contributed by atoms with Gasteiger partial charge >= 0.3 is 0 Å². The molecule has 2 rings (SSSR count). The molecule has 0 radical (unpaired) electrons. The molecule has 1 aromatic carbocycles. The summed E-state index contributed by atoms with van der Waals surface area (Å²) in [5.41, 5.74) is 7.62. The van der Waals surface area contributed by atoms with E-state index in [1.165, 1.54) is 18.4 Å². The van der Waals surface area contributed by atoms with Gasteiger partial charge in [-0.1, -0.05) is 12.6 Å². The molecule has 0 bridgehead atoms. The standard InChI is InChI=1S/C18H26N2O/c1-4-14(6-5-11-21)17-12-15(7-10-18(17)19-3)13(2)20-16-8-9-16/h7,10,12-13,16,19-21H,1,5-6,8-9,11H2,2-3H3. The lowest BCUT2D eigenvalue weighted by atomic mass is 9.96. The fraction of sp³-hybridized carbons (Fsp3) is 0.500. The Kier molecular flexibility index (Phi) is 5.63. The molecule has 0 aromatic heterocycles. The van der Waals surface area contributed by atoms with Crippen molar-refractivity contribution in [1.29, 1.82) is 0 Å². The molecule has 1 saturated carbocycles. The summed E-state index contributed by atoms with van der Waals surface area (Å²) in [5, 5.41) is 15.9. The van der Waals surface area contributed by atoms with Gasteiger partial charge in [0.15, 0.2) is 0 Å². The number of anilines is 1. The van der Waals surface area contributed by atoms with E-state index in [1.807, 2.05) is 7.05 Å². The van der Waals surface area contributed by atoms with Crippen molar-refractivity contribution < 1.29 is 5.11 Å². The predicted octanol–water partition coefficient (Wildman–Crippen LogP) is 3.48. The summed E-state index contributed by atoms with van der Waals surface area (Å²) in [6.45, 7) is 6.22. The molecular weight excluding hydrogens is 260 g/mol. The molecule has 0 saturated heterocycles. The van der Waals surface area contributed by atoms with Gasteiger partial charge in [0.2, 0.25) is 0 Å². The van der Waals surface area contributed by atoms with Gasteiger partial charge in [0.25, 0.3) is 0 Å². The zero-order chi connectivity index (χ0) is 15.2. The van der Waals surface area contributed by atoms with E-state index in [0.29, 0.717) is 12.1 Å². The quantitative estimate of drug-likeness (QED) is 0.641. The largest absolute Gasteiger partial charge is 0.396 e. The van der Waals surface area contributed by atoms with Crippen molar-refractivity contribution in [2.24, 2.45) is 0 Å². The summed E-state index contributed by atoms with van der Waals surface area (Å²) < 4.78 is 0. The Morgan fingerprint density at radius 2 is 2.24 bits per heavy atom. The molecule has 1 atom stereocenters. The molecule has 0 heterocycles. The average molecular weight is 286 g/mol. The van der Waals surface area contributed by atoms with Gasteiger partial charge in [-0.15, -0.1) is 5.73 Å². The Morgan fingerprint density at radius 3 is 2.81 bits per heavy atom. The zero-order valence-electron chi connectivity index (χ0n) is 13.1. The maximum atomic E-state index is 9.05. The Morgan fingerprint density at radius 1 is 1.48 bits per heavy atom. The first-order valence-corrected chi connectivity index (χ1v) is 7.77. The van der Waals surface area contributed by atoms with E-state index in [4.69, 9.17) is 5.11 Å². The van der Waals surface area contributed by atoms with Gasteiger partial charge in [0, 0.05) is 42.6 Å². The first kappa shape index (κ1) is 15.8. The zero-order valence-corrected chi connectivity index (χ0v) is 13.1. The van der Waals surface area contributed by atoms with Crippen molar-refractivity contribution in [3.63, 3.8) is 0 Å². The number of aliphatic hydroxyl groups is 1. The van der Waals surface area contributed by atoms with Crippen molar-refractivity contribution in [3.8, 4) is 0 Å². The molecule has 1 unspecified atom stereocenters. The van der Waals surface area contributed by atoms with E-state index < -0.39 is 0 Å². The molecule has 1 fully saturated rings. The van der Waals surface area contributed by atoms with Crippen LogP contribution in [0, 0.1) is 0 Å². The van der Waals surface area contributed by atoms with Crippen LogP contribution in [0.1, 0.15) is 49.8 Å². The van der Waals surface area contributed by atoms with Crippen LogP contribution in [0.25, 0.3) is 5.57 Å². The monoisotopic (exact) mass is 286 g/mol. The van der Waals surface area contributed by atoms with Gasteiger partial charge in [-0.2, -0.15) is 0 Å². The fourth-order valence-electron chi connectivity index (χ4n) is 2.57. The maximum absolute atomic E-state index is 9.05. The van der Waals surface area contributed by atoms with E-state index in [1.54, 1.807) is 0 Å². The van der Waals surface area contributed by atoms with Crippen molar-refractivity contribution >= 4 is 11.3 Å². The van der Waals surface area contributed by atoms with Crippen LogP contribution < -0.4 is 10.6 Å². The average Bonchev–Trinajstić information content (AvgIpc) is 3.31. The Hall–Kier alpha value is -1.54. The van der Waals surface area contributed by atoms with Gasteiger partial charge in [0.1, 0.15) is 0 Å². The van der Waals surface area contributed by atoms with Crippen LogP contribution >= 0.6 is 0 Å². The second kappa shape index (κ2) is 7.46. The van der Waals surface area contributed by atoms with Crippen molar-refractivity contribution in [1.82, 2.24) is 5.32 Å². The Bertz CT molecular complexity index is 528. The smallest absolute Gasteiger partial charge is 0.0434 e. The molecule has 0 aliphatic heterocycles. The topological polar surface area (TPSA) is 44.3 Å². The minimum atomic E-state index is 0.194. The minimum Gasteiger partial charge on any atom is -0.396 e. The van der Waals surface area contributed by atoms with Gasteiger partial charge in [-0.25, -0.2) is 0 Å². The Balaban J connectivity index is 2.25. The van der Waals surface area contributed by atoms with Crippen molar-refractivity contribution in [2.45, 2.75) is 44.7 Å². The number of benzene rings is 1. The summed E-state index contributed by atoms with van der Waals surface area (Å²) in [7, 11) is 1.93. The lowest BCUT2D eigenvalue weighted by Crippen LogP contribution is -2.20. The van der Waals surface area contributed by atoms with Gasteiger partial charge < -0.3 is 15.7 Å². The van der Waals surface area contributed by atoms with E-state index in [9.17, 15) is 0 Å². The Labute approximate surface area is 127 Å². The normalized spacial score (nSPS) is 15.4. The molecule has 3 N–H and O–H groups in total. The molecule has 3 heteroatoms. The first-order valence-electron chi connectivity index (χ1n) is 7.77. The maximum Gasteiger partial charge on any atom is 0.0434 e. The van der Waals surface area contributed by atoms with Gasteiger partial charge in [-0.3, -0.25) is 0 Å². The summed E-state index contributed by atoms with van der Waals surface area (Å²) >= 11 is 0. The van der Waals surface area contributed by atoms with E-state index >= 15 is 0 Å². The summed E-state index contributed by atoms with van der Waals surface area (Å²) in [4.78, 5) is 0. The van der Waals surface area contributed by atoms with Crippen molar-refractivity contribution in [2.75, 3.05) is 19.0 Å². The van der Waals surface area contributed by atoms with Crippen LogP contribution in [-0.2, 0) is 0 Å². The number of allylic oxidation sites excluding steroid dienone is 1. The highest BCUT2D eigenvalue weighted by molar-refractivity contribution is 5.76. The van der Waals surface area contributed by atoms with E-state index in [0.717, 1.165) is 29.7 Å². The number of hydrogen-bond donors (Lipinski definition) is 3. The SMILES string of the molecule is C=C=C(CCCO)c1cc(C(C)NC2CC2)ccc1NC. The van der Waals surface area contributed by atoms with Gasteiger partial charge in [-0.05, 0) is 50.3 Å². The predicted molar refractivity (Wildman–Crippen MR) is 89.4 cm³/mol. The molecular formula is C18H26N2O. The third kappa shape index (κ3) is 4.21. The highest BCUT2D eigenvalue weighted by atomic mass is 16.2. The molecule has 21 heavy (non-hydrogen) atoms. The van der Waals surface area contributed by atoms with Crippen LogP contribution in [0.3, 0.4) is 0 Å². The first-order chi connectivity index (χ1) is 10.2. The number of hydrogen-bond acceptors (Lipinski definition) is 3. The van der Waals surface area contributed by atoms with E-state index in [-0.39, 0.29) is 6.61 Å². The third-order valence-electron chi connectivity index (χ3n) is 4.00.